The lowest BCUT2D eigenvalue weighted by atomic mass is 9.78. The molecule has 1 rings (SSSR count). The summed E-state index contributed by atoms with van der Waals surface area (Å²) < 4.78 is 21.4. The average Bonchev–Trinajstić information content (AvgIpc) is 3.22. The van der Waals surface area contributed by atoms with E-state index in [9.17, 15) is 53.4 Å². The molecule has 4 amide bonds. The predicted molar refractivity (Wildman–Crippen MR) is 217 cm³/mol. The summed E-state index contributed by atoms with van der Waals surface area (Å²) in [6.45, 7) is 3.51. The Hall–Kier alpha value is -4.53. The highest BCUT2D eigenvalue weighted by Gasteiger charge is 2.30. The molecule has 0 bridgehead atoms. The fourth-order valence-corrected chi connectivity index (χ4v) is 6.37. The number of unbranched alkanes of at least 4 members (excludes halogenated alkanes) is 1. The van der Waals surface area contributed by atoms with Gasteiger partial charge in [-0.25, -0.2) is 4.79 Å². The van der Waals surface area contributed by atoms with Gasteiger partial charge in [0.2, 0.25) is 23.6 Å². The van der Waals surface area contributed by atoms with Crippen LogP contribution in [0, 0.1) is 17.8 Å². The second kappa shape index (κ2) is 34.1. The number of hydrogen-bond acceptors (Lipinski definition) is 13. The normalized spacial score (nSPS) is 15.8. The number of carboxylic acid groups (broad SMARTS) is 3. The van der Waals surface area contributed by atoms with Gasteiger partial charge in [-0.2, -0.15) is 0 Å². The van der Waals surface area contributed by atoms with Gasteiger partial charge in [0.05, 0.1) is 39.0 Å². The molecular formula is C41H68N4O16. The molecule has 7 N–H and O–H groups in total. The Kier molecular flexibility index (Phi) is 30.5. The molecule has 1 aliphatic rings. The summed E-state index contributed by atoms with van der Waals surface area (Å²) in [7, 11) is 0. The lowest BCUT2D eigenvalue weighted by Gasteiger charge is -2.28. The summed E-state index contributed by atoms with van der Waals surface area (Å²) in [6, 6.07) is -1.05. The Morgan fingerprint density at radius 2 is 1.21 bits per heavy atom. The highest BCUT2D eigenvalue weighted by molar-refractivity contribution is 5.86. The molecule has 0 aliphatic heterocycles. The fourth-order valence-electron chi connectivity index (χ4n) is 6.37. The number of ether oxygens (including phenoxy) is 4. The van der Waals surface area contributed by atoms with Crippen molar-refractivity contribution < 1.29 is 77.4 Å². The third-order valence-corrected chi connectivity index (χ3v) is 9.95. The van der Waals surface area contributed by atoms with Gasteiger partial charge in [0.25, 0.3) is 0 Å². The van der Waals surface area contributed by atoms with Gasteiger partial charge in [-0.05, 0) is 70.1 Å². The van der Waals surface area contributed by atoms with Crippen molar-refractivity contribution in [2.45, 2.75) is 116 Å². The van der Waals surface area contributed by atoms with Gasteiger partial charge < -0.3 is 55.5 Å². The van der Waals surface area contributed by atoms with Gasteiger partial charge in [0.15, 0.2) is 5.78 Å². The molecule has 0 aromatic rings. The summed E-state index contributed by atoms with van der Waals surface area (Å²) in [6.07, 6.45) is 5.18. The first-order valence-electron chi connectivity index (χ1n) is 21.3. The zero-order chi connectivity index (χ0) is 45.3. The van der Waals surface area contributed by atoms with Crippen molar-refractivity contribution in [3.63, 3.8) is 0 Å². The molecule has 2 unspecified atom stereocenters. The van der Waals surface area contributed by atoms with E-state index in [1.807, 2.05) is 0 Å². The smallest absolute Gasteiger partial charge is 0.326 e. The van der Waals surface area contributed by atoms with E-state index in [-0.39, 0.29) is 152 Å². The van der Waals surface area contributed by atoms with Crippen molar-refractivity contribution in [2.75, 3.05) is 72.5 Å². The number of ketones is 2. The minimum Gasteiger partial charge on any atom is -0.481 e. The molecular weight excluding hydrogens is 804 g/mol. The number of hydrogen-bond donors (Lipinski definition) is 7. The third kappa shape index (κ3) is 29.4. The third-order valence-electron chi connectivity index (χ3n) is 9.95. The van der Waals surface area contributed by atoms with E-state index in [0.29, 0.717) is 64.5 Å². The van der Waals surface area contributed by atoms with Gasteiger partial charge in [-0.1, -0.05) is 6.92 Å². The quantitative estimate of drug-likeness (QED) is 0.0432. The highest BCUT2D eigenvalue weighted by atomic mass is 16.5. The minimum absolute atomic E-state index is 0.0171. The number of rotatable bonds is 38. The minimum atomic E-state index is -1.15. The van der Waals surface area contributed by atoms with Gasteiger partial charge in [-0.3, -0.25) is 38.4 Å². The van der Waals surface area contributed by atoms with Gasteiger partial charge in [-0.15, -0.1) is 0 Å². The van der Waals surface area contributed by atoms with Crippen molar-refractivity contribution in [3.8, 4) is 0 Å². The Bertz CT molecular complexity index is 1370. The van der Waals surface area contributed by atoms with Crippen LogP contribution in [0.1, 0.15) is 110 Å². The van der Waals surface area contributed by atoms with Crippen LogP contribution in [0.2, 0.25) is 0 Å². The van der Waals surface area contributed by atoms with Crippen LogP contribution in [0.25, 0.3) is 0 Å². The van der Waals surface area contributed by atoms with E-state index in [0.717, 1.165) is 0 Å². The van der Waals surface area contributed by atoms with Crippen molar-refractivity contribution in [1.82, 2.24) is 21.3 Å². The standard InChI is InChI=1S/C41H68N4O16/c1-2-35(48)42-17-4-3-8-33(41(56)57)45-38(51)28-61-24-21-58-19-6-7-32(46)27-60-23-22-59-20-18-43-37(50)16-15-31(40(54)55)25-34(47)30-13-11-29(12-14-30)26-44-36(49)9-5-10-39(52)53/h29-31,33H,2-28H2,1H3,(H,42,48)(H,43,50)(H,44,49)(H,45,51)(H,52,53)(H,54,55)(H,56,57). The van der Waals surface area contributed by atoms with Crippen molar-refractivity contribution in [2.24, 2.45) is 17.8 Å². The Morgan fingerprint density at radius 1 is 0.574 bits per heavy atom. The zero-order valence-corrected chi connectivity index (χ0v) is 35.6. The topological polar surface area (TPSA) is 299 Å². The van der Waals surface area contributed by atoms with Crippen LogP contribution >= 0.6 is 0 Å². The Balaban J connectivity index is 2.04. The van der Waals surface area contributed by atoms with Crippen molar-refractivity contribution in [3.05, 3.63) is 0 Å². The van der Waals surface area contributed by atoms with Gasteiger partial charge in [0.1, 0.15) is 25.0 Å². The Morgan fingerprint density at radius 3 is 1.87 bits per heavy atom. The maximum Gasteiger partial charge on any atom is 0.326 e. The van der Waals surface area contributed by atoms with Crippen molar-refractivity contribution in [1.29, 1.82) is 0 Å². The first kappa shape index (κ1) is 54.5. The van der Waals surface area contributed by atoms with E-state index in [2.05, 4.69) is 21.3 Å². The molecule has 1 aliphatic carbocycles. The van der Waals surface area contributed by atoms with Crippen LogP contribution < -0.4 is 21.3 Å². The van der Waals surface area contributed by atoms with Crippen LogP contribution in [0.5, 0.6) is 0 Å². The van der Waals surface area contributed by atoms with Gasteiger partial charge in [0, 0.05) is 70.7 Å². The first-order chi connectivity index (χ1) is 29.2. The SMILES string of the molecule is CCC(=O)NCCCCC(NC(=O)COCCOCCCC(=O)COCCOCCNC(=O)CCC(CC(=O)C1CCC(CNC(=O)CCCC(=O)O)CC1)C(=O)O)C(=O)O. The number of carboxylic acids is 3. The molecule has 1 saturated carbocycles. The molecule has 61 heavy (non-hydrogen) atoms. The molecule has 2 atom stereocenters. The summed E-state index contributed by atoms with van der Waals surface area (Å²) in [5.74, 6) is -5.72. The maximum atomic E-state index is 12.9. The van der Waals surface area contributed by atoms with E-state index in [1.165, 1.54) is 0 Å². The zero-order valence-electron chi connectivity index (χ0n) is 35.6. The van der Waals surface area contributed by atoms with Crippen LogP contribution in [0.15, 0.2) is 0 Å². The summed E-state index contributed by atoms with van der Waals surface area (Å²) in [4.78, 5) is 106. The number of amides is 4. The maximum absolute atomic E-state index is 12.9. The van der Waals surface area contributed by atoms with Crippen molar-refractivity contribution >= 4 is 53.1 Å². The van der Waals surface area contributed by atoms with Crippen LogP contribution in [0.4, 0.5) is 0 Å². The number of nitrogens with one attached hydrogen (secondary N) is 4. The predicted octanol–water partition coefficient (Wildman–Crippen LogP) is 1.40. The molecule has 20 nitrogen and oxygen atoms in total. The summed E-state index contributed by atoms with van der Waals surface area (Å²) >= 11 is 0. The molecule has 20 heteroatoms. The highest BCUT2D eigenvalue weighted by Crippen LogP contribution is 2.31. The van der Waals surface area contributed by atoms with Gasteiger partial charge >= 0.3 is 17.9 Å². The lowest BCUT2D eigenvalue weighted by Crippen LogP contribution is -2.42. The van der Waals surface area contributed by atoms with E-state index in [1.54, 1.807) is 6.92 Å². The molecule has 0 heterocycles. The second-order valence-corrected chi connectivity index (χ2v) is 15.0. The molecule has 0 spiro atoms. The number of Topliss-reactive ketones (excluding diaryl/α,β-unsaturated/α-hetero) is 2. The largest absolute Gasteiger partial charge is 0.481 e. The fraction of sp³-hybridized carbons (Fsp3) is 0.780. The molecule has 0 saturated heterocycles. The molecule has 348 valence electrons. The first-order valence-corrected chi connectivity index (χ1v) is 21.3. The summed E-state index contributed by atoms with van der Waals surface area (Å²) in [5, 5.41) is 38.3. The molecule has 1 fully saturated rings. The number of aliphatic carboxylic acids is 3. The van der Waals surface area contributed by atoms with E-state index in [4.69, 9.17) is 24.1 Å². The van der Waals surface area contributed by atoms with E-state index < -0.39 is 35.8 Å². The molecule has 0 radical (unpaired) electrons. The Labute approximate surface area is 357 Å². The van der Waals surface area contributed by atoms with E-state index >= 15 is 0 Å². The van der Waals surface area contributed by atoms with Crippen LogP contribution in [-0.2, 0) is 62.1 Å². The molecule has 0 aromatic carbocycles. The van der Waals surface area contributed by atoms with Crippen LogP contribution in [0.3, 0.4) is 0 Å². The number of carbonyl (C=O) groups excluding carboxylic acids is 6. The number of carbonyl (C=O) groups is 9. The van der Waals surface area contributed by atoms with Crippen LogP contribution in [-0.4, -0.2) is 147 Å². The lowest BCUT2D eigenvalue weighted by molar-refractivity contribution is -0.145. The monoisotopic (exact) mass is 872 g/mol. The summed E-state index contributed by atoms with van der Waals surface area (Å²) in [5.41, 5.74) is 0. The average molecular weight is 873 g/mol. The second-order valence-electron chi connectivity index (χ2n) is 15.0. The molecule has 0 aromatic heterocycles.